The van der Waals surface area contributed by atoms with E-state index in [-0.39, 0.29) is 12.0 Å². The molecule has 0 bridgehead atoms. The molecule has 1 heterocycles. The third kappa shape index (κ3) is 2.54. The van der Waals surface area contributed by atoms with Crippen molar-refractivity contribution in [3.05, 3.63) is 17.8 Å². The lowest BCUT2D eigenvalue weighted by Crippen LogP contribution is -2.28. The van der Waals surface area contributed by atoms with Crippen LogP contribution in [0.3, 0.4) is 0 Å². The topological polar surface area (TPSA) is 61.0 Å². The van der Waals surface area contributed by atoms with Gasteiger partial charge in [0.2, 0.25) is 5.82 Å². The molecule has 0 saturated heterocycles. The van der Waals surface area contributed by atoms with Gasteiger partial charge in [0.05, 0.1) is 5.69 Å². The molecule has 2 N–H and O–H groups in total. The molecule has 4 nitrogen and oxygen atoms in total. The molecule has 0 amide bonds. The van der Waals surface area contributed by atoms with Gasteiger partial charge in [0.15, 0.2) is 0 Å². The summed E-state index contributed by atoms with van der Waals surface area (Å²) >= 11 is 0. The predicted octanol–water partition coefficient (Wildman–Crippen LogP) is 1.68. The predicted molar refractivity (Wildman–Crippen MR) is 62.2 cm³/mol. The maximum Gasteiger partial charge on any atom is 0.254 e. The van der Waals surface area contributed by atoms with Gasteiger partial charge in [0.1, 0.15) is 12.4 Å². The van der Waals surface area contributed by atoms with E-state index in [1.54, 1.807) is 0 Å². The lowest BCUT2D eigenvalue weighted by atomic mass is 10.1. The van der Waals surface area contributed by atoms with Gasteiger partial charge in [0.25, 0.3) is 5.88 Å². The molecule has 2 unspecified atom stereocenters. The smallest absolute Gasteiger partial charge is 0.254 e. The van der Waals surface area contributed by atoms with Gasteiger partial charge in [-0.3, -0.25) is 0 Å². The molecule has 1 fully saturated rings. The van der Waals surface area contributed by atoms with E-state index in [4.69, 9.17) is 10.5 Å². The molecule has 1 aliphatic rings. The van der Waals surface area contributed by atoms with E-state index < -0.39 is 5.82 Å². The number of ether oxygens (including phenoxy) is 1. The lowest BCUT2D eigenvalue weighted by molar-refractivity contribution is 0.147. The van der Waals surface area contributed by atoms with Crippen molar-refractivity contribution in [2.24, 2.45) is 11.7 Å². The Kier molecular flexibility index (Phi) is 3.89. The maximum absolute atomic E-state index is 13.9. The van der Waals surface area contributed by atoms with Crippen LogP contribution in [-0.4, -0.2) is 22.6 Å². The Labute approximate surface area is 100 Å². The van der Waals surface area contributed by atoms with E-state index in [1.165, 1.54) is 6.33 Å². The normalized spacial score (nSPS) is 23.9. The average molecular weight is 239 g/mol. The summed E-state index contributed by atoms with van der Waals surface area (Å²) < 4.78 is 19.5. The Morgan fingerprint density at radius 1 is 1.47 bits per heavy atom. The number of halogens is 1. The first-order chi connectivity index (χ1) is 8.26. The van der Waals surface area contributed by atoms with Crippen molar-refractivity contribution in [1.82, 2.24) is 9.97 Å². The van der Waals surface area contributed by atoms with Gasteiger partial charge in [0, 0.05) is 5.92 Å². The first-order valence-electron chi connectivity index (χ1n) is 6.12. The summed E-state index contributed by atoms with van der Waals surface area (Å²) in [5, 5.41) is 0. The molecule has 1 aromatic rings. The SMILES string of the molecule is CCc1ncnc(OC2CCCC2CN)c1F. The van der Waals surface area contributed by atoms with Crippen LogP contribution in [0.2, 0.25) is 0 Å². The van der Waals surface area contributed by atoms with Crippen LogP contribution in [0.1, 0.15) is 31.9 Å². The van der Waals surface area contributed by atoms with Crippen LogP contribution >= 0.6 is 0 Å². The summed E-state index contributed by atoms with van der Waals surface area (Å²) in [7, 11) is 0. The average Bonchev–Trinajstić information content (AvgIpc) is 2.79. The van der Waals surface area contributed by atoms with Crippen LogP contribution in [0, 0.1) is 11.7 Å². The molecule has 17 heavy (non-hydrogen) atoms. The van der Waals surface area contributed by atoms with Crippen molar-refractivity contribution in [2.45, 2.75) is 38.7 Å². The molecule has 1 saturated carbocycles. The van der Waals surface area contributed by atoms with Gasteiger partial charge in [-0.2, -0.15) is 9.37 Å². The van der Waals surface area contributed by atoms with E-state index in [0.29, 0.717) is 24.6 Å². The summed E-state index contributed by atoms with van der Waals surface area (Å²) in [6.45, 7) is 2.44. The Morgan fingerprint density at radius 2 is 2.29 bits per heavy atom. The number of nitrogens with two attached hydrogens (primary N) is 1. The number of hydrogen-bond acceptors (Lipinski definition) is 4. The van der Waals surface area contributed by atoms with Crippen molar-refractivity contribution in [2.75, 3.05) is 6.54 Å². The van der Waals surface area contributed by atoms with Gasteiger partial charge in [-0.05, 0) is 32.2 Å². The Balaban J connectivity index is 2.13. The van der Waals surface area contributed by atoms with Gasteiger partial charge in [-0.15, -0.1) is 0 Å². The monoisotopic (exact) mass is 239 g/mol. The minimum Gasteiger partial charge on any atom is -0.472 e. The van der Waals surface area contributed by atoms with E-state index in [1.807, 2.05) is 6.92 Å². The molecule has 0 spiro atoms. The van der Waals surface area contributed by atoms with E-state index in [2.05, 4.69) is 9.97 Å². The summed E-state index contributed by atoms with van der Waals surface area (Å²) in [4.78, 5) is 7.75. The Morgan fingerprint density at radius 3 is 3.00 bits per heavy atom. The second-order valence-corrected chi connectivity index (χ2v) is 4.38. The van der Waals surface area contributed by atoms with E-state index in [9.17, 15) is 4.39 Å². The van der Waals surface area contributed by atoms with Gasteiger partial charge < -0.3 is 10.5 Å². The van der Waals surface area contributed by atoms with E-state index >= 15 is 0 Å². The van der Waals surface area contributed by atoms with Crippen molar-refractivity contribution >= 4 is 0 Å². The van der Waals surface area contributed by atoms with Crippen LogP contribution in [0.15, 0.2) is 6.33 Å². The number of hydrogen-bond donors (Lipinski definition) is 1. The molecule has 0 aliphatic heterocycles. The van der Waals surface area contributed by atoms with Crippen molar-refractivity contribution in [3.63, 3.8) is 0 Å². The third-order valence-electron chi connectivity index (χ3n) is 3.32. The molecular weight excluding hydrogens is 221 g/mol. The maximum atomic E-state index is 13.9. The zero-order valence-electron chi connectivity index (χ0n) is 10.0. The zero-order valence-corrected chi connectivity index (χ0v) is 10.0. The molecule has 2 atom stereocenters. The van der Waals surface area contributed by atoms with Gasteiger partial charge in [-0.1, -0.05) is 6.92 Å². The molecule has 0 aromatic carbocycles. The molecule has 2 rings (SSSR count). The first-order valence-corrected chi connectivity index (χ1v) is 6.12. The van der Waals surface area contributed by atoms with Crippen LogP contribution in [0.4, 0.5) is 4.39 Å². The van der Waals surface area contributed by atoms with E-state index in [0.717, 1.165) is 19.3 Å². The molecular formula is C12H18FN3O. The highest BCUT2D eigenvalue weighted by Gasteiger charge is 2.29. The standard InChI is InChI=1S/C12H18FN3O/c1-2-9-11(13)12(16-7-15-9)17-10-5-3-4-8(10)6-14/h7-8,10H,2-6,14H2,1H3. The second-order valence-electron chi connectivity index (χ2n) is 4.38. The van der Waals surface area contributed by atoms with Crippen LogP contribution in [-0.2, 0) is 6.42 Å². The number of aromatic nitrogens is 2. The lowest BCUT2D eigenvalue weighted by Gasteiger charge is -2.19. The highest BCUT2D eigenvalue weighted by atomic mass is 19.1. The largest absolute Gasteiger partial charge is 0.472 e. The molecule has 1 aromatic heterocycles. The molecule has 0 radical (unpaired) electrons. The number of aryl methyl sites for hydroxylation is 1. The second kappa shape index (κ2) is 5.40. The number of rotatable bonds is 4. The Hall–Kier alpha value is -1.23. The summed E-state index contributed by atoms with van der Waals surface area (Å²) in [5.74, 6) is -0.0469. The van der Waals surface area contributed by atoms with Crippen LogP contribution in [0.25, 0.3) is 0 Å². The fourth-order valence-electron chi connectivity index (χ4n) is 2.29. The fraction of sp³-hybridized carbons (Fsp3) is 0.667. The summed E-state index contributed by atoms with van der Waals surface area (Å²) in [6, 6.07) is 0. The summed E-state index contributed by atoms with van der Waals surface area (Å²) in [5.41, 5.74) is 6.07. The highest BCUT2D eigenvalue weighted by molar-refractivity contribution is 5.17. The minimum atomic E-state index is -0.433. The van der Waals surface area contributed by atoms with Crippen molar-refractivity contribution in [1.29, 1.82) is 0 Å². The molecule has 5 heteroatoms. The molecule has 1 aliphatic carbocycles. The first kappa shape index (κ1) is 12.2. The summed E-state index contributed by atoms with van der Waals surface area (Å²) in [6.07, 6.45) is 4.94. The molecule has 94 valence electrons. The van der Waals surface area contributed by atoms with Crippen molar-refractivity contribution in [3.8, 4) is 5.88 Å². The Bertz CT molecular complexity index is 386. The highest BCUT2D eigenvalue weighted by Crippen LogP contribution is 2.29. The van der Waals surface area contributed by atoms with Crippen LogP contribution < -0.4 is 10.5 Å². The fourth-order valence-corrected chi connectivity index (χ4v) is 2.29. The van der Waals surface area contributed by atoms with Gasteiger partial charge in [-0.25, -0.2) is 4.98 Å². The van der Waals surface area contributed by atoms with Crippen molar-refractivity contribution < 1.29 is 9.13 Å². The minimum absolute atomic E-state index is 0.00546. The zero-order chi connectivity index (χ0) is 12.3. The number of nitrogens with zero attached hydrogens (tertiary/aromatic N) is 2. The third-order valence-corrected chi connectivity index (χ3v) is 3.32. The quantitative estimate of drug-likeness (QED) is 0.868. The van der Waals surface area contributed by atoms with Crippen LogP contribution in [0.5, 0.6) is 5.88 Å². The van der Waals surface area contributed by atoms with Gasteiger partial charge >= 0.3 is 0 Å².